The molecule has 9 aromatic carbocycles. The third-order valence-electron chi connectivity index (χ3n) is 10.8. The molecule has 4 heteroatoms. The van der Waals surface area contributed by atoms with E-state index in [1.165, 1.54) is 32.9 Å². The van der Waals surface area contributed by atoms with E-state index in [4.69, 9.17) is 9.40 Å². The number of nitrogens with zero attached hydrogens (tertiary/aromatic N) is 3. The first kappa shape index (κ1) is 31.1. The highest BCUT2D eigenvalue weighted by molar-refractivity contribution is 6.19. The Bertz CT molecular complexity index is 3180. The van der Waals surface area contributed by atoms with Crippen molar-refractivity contribution in [2.24, 2.45) is 0 Å². The van der Waals surface area contributed by atoms with Gasteiger partial charge in [-0.1, -0.05) is 127 Å². The fourth-order valence-corrected chi connectivity index (χ4v) is 8.27. The maximum atomic E-state index is 6.56. The standard InChI is InChI=1S/C51H33N3O/c1-4-13-34(14-5-1)42-20-12-21-44-43-19-10-11-22-47(43)54(49(42)44)40-30-28-39(29-31-40)53(38-17-8-3-9-18-38)41-27-25-35-23-24-36-26-32-46-50(48(36)45(35)33-41)55-51(52-46)37-15-6-2-7-16-37/h1-33H. The molecule has 0 unspecified atom stereocenters. The van der Waals surface area contributed by atoms with Crippen LogP contribution >= 0.6 is 0 Å². The van der Waals surface area contributed by atoms with Gasteiger partial charge >= 0.3 is 0 Å². The first-order valence-corrected chi connectivity index (χ1v) is 18.6. The monoisotopic (exact) mass is 703 g/mol. The minimum absolute atomic E-state index is 0.626. The molecular formula is C51H33N3O. The van der Waals surface area contributed by atoms with E-state index in [0.717, 1.165) is 61.0 Å². The molecule has 0 aliphatic rings. The molecule has 0 atom stereocenters. The van der Waals surface area contributed by atoms with E-state index in [-0.39, 0.29) is 0 Å². The number of para-hydroxylation sites is 3. The third kappa shape index (κ3) is 5.11. The van der Waals surface area contributed by atoms with Gasteiger partial charge in [-0.25, -0.2) is 4.98 Å². The van der Waals surface area contributed by atoms with Crippen molar-refractivity contribution in [1.82, 2.24) is 9.55 Å². The van der Waals surface area contributed by atoms with Crippen LogP contribution < -0.4 is 4.90 Å². The van der Waals surface area contributed by atoms with E-state index in [9.17, 15) is 0 Å². The molecular weight excluding hydrogens is 671 g/mol. The molecule has 11 aromatic rings. The predicted octanol–water partition coefficient (Wildman–Crippen LogP) is 14.0. The van der Waals surface area contributed by atoms with Crippen molar-refractivity contribution in [2.45, 2.75) is 0 Å². The van der Waals surface area contributed by atoms with E-state index >= 15 is 0 Å². The van der Waals surface area contributed by atoms with E-state index < -0.39 is 0 Å². The molecule has 0 amide bonds. The highest BCUT2D eigenvalue weighted by Gasteiger charge is 2.19. The maximum absolute atomic E-state index is 6.56. The molecule has 0 aliphatic heterocycles. The highest BCUT2D eigenvalue weighted by atomic mass is 16.3. The largest absolute Gasteiger partial charge is 0.435 e. The third-order valence-corrected chi connectivity index (χ3v) is 10.8. The van der Waals surface area contributed by atoms with E-state index in [1.807, 2.05) is 30.3 Å². The lowest BCUT2D eigenvalue weighted by molar-refractivity contribution is 0.623. The van der Waals surface area contributed by atoms with Gasteiger partial charge in [-0.15, -0.1) is 0 Å². The molecule has 0 bridgehead atoms. The van der Waals surface area contributed by atoms with Crippen molar-refractivity contribution < 1.29 is 4.42 Å². The normalized spacial score (nSPS) is 11.6. The summed E-state index contributed by atoms with van der Waals surface area (Å²) in [4.78, 5) is 7.24. The molecule has 4 nitrogen and oxygen atoms in total. The van der Waals surface area contributed by atoms with Crippen LogP contribution in [0.2, 0.25) is 0 Å². The lowest BCUT2D eigenvalue weighted by Gasteiger charge is -2.26. The van der Waals surface area contributed by atoms with Crippen molar-refractivity contribution in [3.05, 3.63) is 200 Å². The number of aromatic nitrogens is 2. The van der Waals surface area contributed by atoms with Gasteiger partial charge in [0.2, 0.25) is 5.89 Å². The zero-order chi connectivity index (χ0) is 36.3. The smallest absolute Gasteiger partial charge is 0.227 e. The van der Waals surface area contributed by atoms with Crippen LogP contribution in [-0.4, -0.2) is 9.55 Å². The minimum Gasteiger partial charge on any atom is -0.435 e. The van der Waals surface area contributed by atoms with Gasteiger partial charge in [-0.2, -0.15) is 0 Å². The SMILES string of the molecule is c1ccc(-c2nc3ccc4ccc5ccc(N(c6ccccc6)c6ccc(-n7c8ccccc8c8cccc(-c9ccccc9)c87)cc6)cc5c4c3o2)cc1. The Labute approximate surface area is 317 Å². The van der Waals surface area contributed by atoms with Crippen LogP contribution in [0, 0.1) is 0 Å². The van der Waals surface area contributed by atoms with E-state index in [0.29, 0.717) is 5.89 Å². The van der Waals surface area contributed by atoms with Crippen LogP contribution in [0.25, 0.3) is 82.7 Å². The zero-order valence-electron chi connectivity index (χ0n) is 29.8. The summed E-state index contributed by atoms with van der Waals surface area (Å²) < 4.78 is 8.98. The van der Waals surface area contributed by atoms with Gasteiger partial charge in [-0.05, 0) is 94.5 Å². The summed E-state index contributed by atoms with van der Waals surface area (Å²) in [5.74, 6) is 0.626. The number of rotatable bonds is 6. The molecule has 0 N–H and O–H groups in total. The number of fused-ring (bicyclic) bond motifs is 8. The van der Waals surface area contributed by atoms with Crippen molar-refractivity contribution in [2.75, 3.05) is 4.90 Å². The van der Waals surface area contributed by atoms with Gasteiger partial charge in [0.05, 0.1) is 11.0 Å². The Morgan fingerprint density at radius 2 is 1.07 bits per heavy atom. The highest BCUT2D eigenvalue weighted by Crippen LogP contribution is 2.42. The van der Waals surface area contributed by atoms with Gasteiger partial charge in [0.25, 0.3) is 0 Å². The molecule has 2 heterocycles. The van der Waals surface area contributed by atoms with Crippen LogP contribution in [0.5, 0.6) is 0 Å². The van der Waals surface area contributed by atoms with Crippen LogP contribution in [0.4, 0.5) is 17.1 Å². The fraction of sp³-hybridized carbons (Fsp3) is 0. The Hall–Kier alpha value is -7.43. The zero-order valence-corrected chi connectivity index (χ0v) is 29.8. The molecule has 0 radical (unpaired) electrons. The van der Waals surface area contributed by atoms with Crippen LogP contribution in [0.3, 0.4) is 0 Å². The van der Waals surface area contributed by atoms with E-state index in [1.54, 1.807) is 0 Å². The number of hydrogen-bond acceptors (Lipinski definition) is 3. The Morgan fingerprint density at radius 1 is 0.455 bits per heavy atom. The minimum atomic E-state index is 0.626. The molecule has 55 heavy (non-hydrogen) atoms. The predicted molar refractivity (Wildman–Crippen MR) is 229 cm³/mol. The van der Waals surface area contributed by atoms with Gasteiger partial charge < -0.3 is 13.9 Å². The Morgan fingerprint density at radius 3 is 1.87 bits per heavy atom. The average molecular weight is 704 g/mol. The summed E-state index contributed by atoms with van der Waals surface area (Å²) in [6.45, 7) is 0. The summed E-state index contributed by atoms with van der Waals surface area (Å²) in [7, 11) is 0. The number of oxazole rings is 1. The second kappa shape index (κ2) is 12.6. The molecule has 2 aromatic heterocycles. The molecule has 0 spiro atoms. The number of benzene rings is 9. The first-order chi connectivity index (χ1) is 27.3. The first-order valence-electron chi connectivity index (χ1n) is 18.6. The average Bonchev–Trinajstić information content (AvgIpc) is 3.85. The van der Waals surface area contributed by atoms with Gasteiger partial charge in [0.1, 0.15) is 5.52 Å². The van der Waals surface area contributed by atoms with Crippen LogP contribution in [-0.2, 0) is 0 Å². The lowest BCUT2D eigenvalue weighted by Crippen LogP contribution is -2.10. The van der Waals surface area contributed by atoms with Crippen LogP contribution in [0.1, 0.15) is 0 Å². The molecule has 0 saturated carbocycles. The summed E-state index contributed by atoms with van der Waals surface area (Å²) in [5.41, 5.74) is 11.7. The van der Waals surface area contributed by atoms with Crippen LogP contribution in [0.15, 0.2) is 205 Å². The second-order valence-corrected chi connectivity index (χ2v) is 14.0. The van der Waals surface area contributed by atoms with Crippen molar-refractivity contribution in [1.29, 1.82) is 0 Å². The molecule has 11 rings (SSSR count). The summed E-state index contributed by atoms with van der Waals surface area (Å²) in [5, 5.41) is 6.93. The topological polar surface area (TPSA) is 34.2 Å². The molecule has 0 fully saturated rings. The summed E-state index contributed by atoms with van der Waals surface area (Å²) in [6, 6.07) is 71.0. The number of hydrogen-bond donors (Lipinski definition) is 0. The molecule has 258 valence electrons. The Balaban J connectivity index is 1.08. The Kier molecular flexibility index (Phi) is 7.14. The number of anilines is 3. The van der Waals surface area contributed by atoms with Gasteiger partial charge in [-0.3, -0.25) is 0 Å². The summed E-state index contributed by atoms with van der Waals surface area (Å²) >= 11 is 0. The van der Waals surface area contributed by atoms with Crippen molar-refractivity contribution in [3.8, 4) is 28.3 Å². The molecule has 0 aliphatic carbocycles. The van der Waals surface area contributed by atoms with Gasteiger partial charge in [0.15, 0.2) is 5.58 Å². The second-order valence-electron chi connectivity index (χ2n) is 14.0. The van der Waals surface area contributed by atoms with Crippen molar-refractivity contribution in [3.63, 3.8) is 0 Å². The molecule has 0 saturated heterocycles. The summed E-state index contributed by atoms with van der Waals surface area (Å²) in [6.07, 6.45) is 0. The van der Waals surface area contributed by atoms with E-state index in [2.05, 4.69) is 179 Å². The lowest BCUT2D eigenvalue weighted by atomic mass is 10.00. The fourth-order valence-electron chi connectivity index (χ4n) is 8.27. The van der Waals surface area contributed by atoms with Crippen molar-refractivity contribution >= 4 is 71.5 Å². The van der Waals surface area contributed by atoms with Gasteiger partial charge in [0, 0.05) is 50.0 Å². The maximum Gasteiger partial charge on any atom is 0.227 e. The quantitative estimate of drug-likeness (QED) is 0.162.